The van der Waals surface area contributed by atoms with Gasteiger partial charge in [0.1, 0.15) is 0 Å². The van der Waals surface area contributed by atoms with E-state index in [1.165, 1.54) is 17.3 Å². The van der Waals surface area contributed by atoms with E-state index in [-0.39, 0.29) is 5.91 Å². The molecule has 0 spiro atoms. The van der Waals surface area contributed by atoms with Crippen molar-refractivity contribution in [2.75, 3.05) is 13.3 Å². The highest BCUT2D eigenvalue weighted by molar-refractivity contribution is 7.98. The molecular weight excluding hydrogens is 318 g/mol. The Balaban J connectivity index is 1.96. The van der Waals surface area contributed by atoms with Crippen LogP contribution >= 0.6 is 11.8 Å². The van der Waals surface area contributed by atoms with Crippen LogP contribution in [0.5, 0.6) is 0 Å². The van der Waals surface area contributed by atoms with Gasteiger partial charge in [-0.3, -0.25) is 4.79 Å². The summed E-state index contributed by atoms with van der Waals surface area (Å²) in [5, 5.41) is 0.788. The van der Waals surface area contributed by atoms with Crippen molar-refractivity contribution in [1.29, 1.82) is 0 Å². The van der Waals surface area contributed by atoms with E-state index < -0.39 is 0 Å². The first-order chi connectivity index (χ1) is 11.4. The van der Waals surface area contributed by atoms with Crippen molar-refractivity contribution in [3.05, 3.63) is 52.3 Å². The van der Waals surface area contributed by atoms with Gasteiger partial charge < -0.3 is 4.90 Å². The van der Waals surface area contributed by atoms with Crippen LogP contribution < -0.4 is 0 Å². The van der Waals surface area contributed by atoms with E-state index in [0.717, 1.165) is 27.7 Å². The quantitative estimate of drug-likeness (QED) is 0.592. The first-order valence-electron chi connectivity index (χ1n) is 8.08. The molecule has 0 saturated heterocycles. The summed E-state index contributed by atoms with van der Waals surface area (Å²) in [5.41, 5.74) is 5.41. The maximum Gasteiger partial charge on any atom is 0.222 e. The van der Waals surface area contributed by atoms with Crippen LogP contribution in [0, 0.1) is 20.8 Å². The van der Waals surface area contributed by atoms with Gasteiger partial charge in [0.05, 0.1) is 0 Å². The minimum absolute atomic E-state index is 0.142. The maximum absolute atomic E-state index is 12.4. The summed E-state index contributed by atoms with van der Waals surface area (Å²) < 4.78 is 0. The molecule has 0 unspecified atom stereocenters. The summed E-state index contributed by atoms with van der Waals surface area (Å²) in [6, 6.07) is 8.29. The van der Waals surface area contributed by atoms with Gasteiger partial charge in [-0.1, -0.05) is 41.6 Å². The number of aromatic nitrogens is 2. The standard InChI is InChI=1S/C19H25N3OS/c1-13-6-8-16(9-7-13)12-22(4)18(23)11-10-17-14(2)20-19(24-5)21-15(17)3/h6-9H,10-12H2,1-5H3. The van der Waals surface area contributed by atoms with Gasteiger partial charge in [-0.05, 0) is 44.6 Å². The lowest BCUT2D eigenvalue weighted by molar-refractivity contribution is -0.130. The minimum atomic E-state index is 0.142. The molecule has 0 aliphatic carbocycles. The van der Waals surface area contributed by atoms with Crippen LogP contribution in [-0.2, 0) is 17.8 Å². The average molecular weight is 343 g/mol. The van der Waals surface area contributed by atoms with Crippen LogP contribution in [0.4, 0.5) is 0 Å². The molecule has 0 radical (unpaired) electrons. The number of carbonyl (C=O) groups excluding carboxylic acids is 1. The molecule has 1 aromatic carbocycles. The zero-order valence-electron chi connectivity index (χ0n) is 15.1. The maximum atomic E-state index is 12.4. The Morgan fingerprint density at radius 1 is 1.08 bits per heavy atom. The van der Waals surface area contributed by atoms with Gasteiger partial charge in [-0.2, -0.15) is 0 Å². The third kappa shape index (κ3) is 4.81. The molecular formula is C19H25N3OS. The number of carbonyl (C=O) groups is 1. The second-order valence-corrected chi connectivity index (χ2v) is 6.87. The minimum Gasteiger partial charge on any atom is -0.341 e. The fourth-order valence-corrected chi connectivity index (χ4v) is 3.10. The van der Waals surface area contributed by atoms with Crippen molar-refractivity contribution in [3.8, 4) is 0 Å². The van der Waals surface area contributed by atoms with E-state index in [0.29, 0.717) is 19.4 Å². The van der Waals surface area contributed by atoms with Gasteiger partial charge in [0, 0.05) is 31.4 Å². The van der Waals surface area contributed by atoms with Crippen LogP contribution in [0.2, 0.25) is 0 Å². The number of hydrogen-bond acceptors (Lipinski definition) is 4. The largest absolute Gasteiger partial charge is 0.341 e. The predicted octanol–water partition coefficient (Wildman–Crippen LogP) is 3.71. The monoisotopic (exact) mass is 343 g/mol. The number of benzene rings is 1. The second kappa shape index (κ2) is 8.29. The summed E-state index contributed by atoms with van der Waals surface area (Å²) in [6.45, 7) is 6.68. The molecule has 1 heterocycles. The van der Waals surface area contributed by atoms with E-state index in [1.54, 1.807) is 4.90 Å². The van der Waals surface area contributed by atoms with E-state index in [9.17, 15) is 4.79 Å². The van der Waals surface area contributed by atoms with Crippen LogP contribution in [-0.4, -0.2) is 34.1 Å². The molecule has 0 aliphatic heterocycles. The zero-order chi connectivity index (χ0) is 17.7. The summed E-state index contributed by atoms with van der Waals surface area (Å²) >= 11 is 1.54. The predicted molar refractivity (Wildman–Crippen MR) is 99.3 cm³/mol. The van der Waals surface area contributed by atoms with E-state index in [2.05, 4.69) is 41.2 Å². The summed E-state index contributed by atoms with van der Waals surface area (Å²) in [5.74, 6) is 0.142. The Kier molecular flexibility index (Phi) is 6.37. The van der Waals surface area contributed by atoms with Crippen molar-refractivity contribution in [2.24, 2.45) is 0 Å². The third-order valence-corrected chi connectivity index (χ3v) is 4.69. The Labute approximate surface area is 148 Å². The molecule has 2 aromatic rings. The molecule has 0 fully saturated rings. The van der Waals surface area contributed by atoms with E-state index in [1.807, 2.05) is 27.2 Å². The summed E-state index contributed by atoms with van der Waals surface area (Å²) in [7, 11) is 1.86. The molecule has 0 aliphatic rings. The zero-order valence-corrected chi connectivity index (χ0v) is 15.9. The van der Waals surface area contributed by atoms with Crippen molar-refractivity contribution in [1.82, 2.24) is 14.9 Å². The van der Waals surface area contributed by atoms with Crippen LogP contribution in [0.3, 0.4) is 0 Å². The van der Waals surface area contributed by atoms with Crippen molar-refractivity contribution >= 4 is 17.7 Å². The van der Waals surface area contributed by atoms with Crippen LogP contribution in [0.25, 0.3) is 0 Å². The highest BCUT2D eigenvalue weighted by Gasteiger charge is 2.13. The average Bonchev–Trinajstić information content (AvgIpc) is 2.55. The van der Waals surface area contributed by atoms with Crippen molar-refractivity contribution < 1.29 is 4.79 Å². The van der Waals surface area contributed by atoms with Gasteiger partial charge in [0.25, 0.3) is 0 Å². The van der Waals surface area contributed by atoms with Crippen LogP contribution in [0.15, 0.2) is 29.4 Å². The molecule has 2 rings (SSSR count). The van der Waals surface area contributed by atoms with Gasteiger partial charge in [0.2, 0.25) is 5.91 Å². The number of aryl methyl sites for hydroxylation is 3. The number of hydrogen-bond donors (Lipinski definition) is 0. The SMILES string of the molecule is CSc1nc(C)c(CCC(=O)N(C)Cc2ccc(C)cc2)c(C)n1. The Morgan fingerprint density at radius 2 is 1.67 bits per heavy atom. The first kappa shape index (κ1) is 18.5. The molecule has 128 valence electrons. The molecule has 1 amide bonds. The smallest absolute Gasteiger partial charge is 0.222 e. The Bertz CT molecular complexity index is 690. The number of rotatable bonds is 6. The molecule has 1 aromatic heterocycles. The molecule has 0 saturated carbocycles. The van der Waals surface area contributed by atoms with Crippen LogP contribution in [0.1, 0.15) is 34.5 Å². The Morgan fingerprint density at radius 3 is 2.21 bits per heavy atom. The molecule has 4 nitrogen and oxygen atoms in total. The normalized spacial score (nSPS) is 10.7. The van der Waals surface area contributed by atoms with Crippen molar-refractivity contribution in [3.63, 3.8) is 0 Å². The molecule has 5 heteroatoms. The lowest BCUT2D eigenvalue weighted by Crippen LogP contribution is -2.26. The second-order valence-electron chi connectivity index (χ2n) is 6.10. The molecule has 0 N–H and O–H groups in total. The number of amides is 1. The highest BCUT2D eigenvalue weighted by atomic mass is 32.2. The van der Waals surface area contributed by atoms with E-state index >= 15 is 0 Å². The fraction of sp³-hybridized carbons (Fsp3) is 0.421. The highest BCUT2D eigenvalue weighted by Crippen LogP contribution is 2.17. The van der Waals surface area contributed by atoms with E-state index in [4.69, 9.17) is 0 Å². The summed E-state index contributed by atoms with van der Waals surface area (Å²) in [6.07, 6.45) is 3.13. The number of nitrogens with zero attached hydrogens (tertiary/aromatic N) is 3. The molecule has 0 bridgehead atoms. The Hall–Kier alpha value is -1.88. The van der Waals surface area contributed by atoms with Gasteiger partial charge in [-0.25, -0.2) is 9.97 Å². The topological polar surface area (TPSA) is 46.1 Å². The van der Waals surface area contributed by atoms with Crippen molar-refractivity contribution in [2.45, 2.75) is 45.3 Å². The third-order valence-electron chi connectivity index (χ3n) is 4.14. The summed E-state index contributed by atoms with van der Waals surface area (Å²) in [4.78, 5) is 23.2. The lowest BCUT2D eigenvalue weighted by atomic mass is 10.1. The first-order valence-corrected chi connectivity index (χ1v) is 9.30. The van der Waals surface area contributed by atoms with Gasteiger partial charge >= 0.3 is 0 Å². The fourth-order valence-electron chi connectivity index (χ4n) is 2.64. The van der Waals surface area contributed by atoms with Gasteiger partial charge in [-0.15, -0.1) is 0 Å². The van der Waals surface area contributed by atoms with Gasteiger partial charge in [0.15, 0.2) is 5.16 Å². The lowest BCUT2D eigenvalue weighted by Gasteiger charge is -2.18. The molecule has 0 atom stereocenters. The molecule has 24 heavy (non-hydrogen) atoms. The number of thioether (sulfide) groups is 1.